The van der Waals surface area contributed by atoms with Crippen molar-refractivity contribution >= 4 is 11.6 Å². The van der Waals surface area contributed by atoms with E-state index in [2.05, 4.69) is 0 Å². The maximum absolute atomic E-state index is 13.1. The first kappa shape index (κ1) is 15.8. The van der Waals surface area contributed by atoms with Gasteiger partial charge in [0.1, 0.15) is 11.6 Å². The van der Waals surface area contributed by atoms with Crippen molar-refractivity contribution in [3.05, 3.63) is 64.4 Å². The third-order valence-corrected chi connectivity index (χ3v) is 4.13. The SMILES string of the molecule is COc1ccc(Cl)cc1C(N)C(C)(C)c1ccc(F)cc1. The lowest BCUT2D eigenvalue weighted by atomic mass is 9.75. The molecule has 2 aromatic carbocycles. The lowest BCUT2D eigenvalue weighted by molar-refractivity contribution is 0.376. The van der Waals surface area contributed by atoms with Crippen LogP contribution in [-0.4, -0.2) is 7.11 Å². The number of rotatable bonds is 4. The molecule has 0 aliphatic carbocycles. The largest absolute Gasteiger partial charge is 0.496 e. The number of methoxy groups -OCH3 is 1. The second-order valence-corrected chi connectivity index (χ2v) is 6.03. The highest BCUT2D eigenvalue weighted by Crippen LogP contribution is 2.39. The van der Waals surface area contributed by atoms with Gasteiger partial charge in [-0.25, -0.2) is 4.39 Å². The van der Waals surface area contributed by atoms with Gasteiger partial charge in [0.05, 0.1) is 7.11 Å². The molecule has 0 spiro atoms. The van der Waals surface area contributed by atoms with Crippen molar-refractivity contribution in [2.24, 2.45) is 5.73 Å². The van der Waals surface area contributed by atoms with Crippen LogP contribution in [0.15, 0.2) is 42.5 Å². The quantitative estimate of drug-likeness (QED) is 0.904. The molecule has 0 aliphatic rings. The topological polar surface area (TPSA) is 35.2 Å². The van der Waals surface area contributed by atoms with Gasteiger partial charge in [-0.3, -0.25) is 0 Å². The first-order valence-electron chi connectivity index (χ1n) is 6.71. The average molecular weight is 308 g/mol. The summed E-state index contributed by atoms with van der Waals surface area (Å²) in [6.07, 6.45) is 0. The summed E-state index contributed by atoms with van der Waals surface area (Å²) in [7, 11) is 1.60. The van der Waals surface area contributed by atoms with Gasteiger partial charge in [0.25, 0.3) is 0 Å². The van der Waals surface area contributed by atoms with E-state index in [1.54, 1.807) is 31.4 Å². The molecular weight excluding hydrogens is 289 g/mol. The molecule has 0 aromatic heterocycles. The van der Waals surface area contributed by atoms with Crippen LogP contribution >= 0.6 is 11.6 Å². The lowest BCUT2D eigenvalue weighted by Crippen LogP contribution is -2.33. The van der Waals surface area contributed by atoms with Gasteiger partial charge in [-0.05, 0) is 35.9 Å². The maximum atomic E-state index is 13.1. The van der Waals surface area contributed by atoms with E-state index in [4.69, 9.17) is 22.1 Å². The van der Waals surface area contributed by atoms with Gasteiger partial charge in [-0.1, -0.05) is 37.6 Å². The number of halogens is 2. The van der Waals surface area contributed by atoms with Crippen LogP contribution in [0.3, 0.4) is 0 Å². The number of hydrogen-bond donors (Lipinski definition) is 1. The number of ether oxygens (including phenoxy) is 1. The van der Waals surface area contributed by atoms with Gasteiger partial charge >= 0.3 is 0 Å². The predicted octanol–water partition coefficient (Wildman–Crippen LogP) is 4.47. The summed E-state index contributed by atoms with van der Waals surface area (Å²) in [5.41, 5.74) is 7.85. The Morgan fingerprint density at radius 3 is 2.33 bits per heavy atom. The molecule has 2 rings (SSSR count). The fraction of sp³-hybridized carbons (Fsp3) is 0.294. The second-order valence-electron chi connectivity index (χ2n) is 5.59. The van der Waals surface area contributed by atoms with E-state index in [1.807, 2.05) is 19.9 Å². The fourth-order valence-electron chi connectivity index (χ4n) is 2.40. The van der Waals surface area contributed by atoms with Crippen LogP contribution < -0.4 is 10.5 Å². The Morgan fingerprint density at radius 2 is 1.76 bits per heavy atom. The Morgan fingerprint density at radius 1 is 1.14 bits per heavy atom. The third kappa shape index (κ3) is 3.20. The van der Waals surface area contributed by atoms with Crippen molar-refractivity contribution in [3.63, 3.8) is 0 Å². The van der Waals surface area contributed by atoms with Crippen LogP contribution in [0.2, 0.25) is 5.02 Å². The normalized spacial score (nSPS) is 13.0. The molecule has 21 heavy (non-hydrogen) atoms. The van der Waals surface area contributed by atoms with Gasteiger partial charge in [-0.15, -0.1) is 0 Å². The van der Waals surface area contributed by atoms with Crippen LogP contribution in [0.4, 0.5) is 4.39 Å². The minimum atomic E-state index is -0.397. The van der Waals surface area contributed by atoms with Crippen LogP contribution in [-0.2, 0) is 5.41 Å². The summed E-state index contributed by atoms with van der Waals surface area (Å²) in [6, 6.07) is 11.4. The lowest BCUT2D eigenvalue weighted by Gasteiger charge is -2.33. The van der Waals surface area contributed by atoms with E-state index in [9.17, 15) is 4.39 Å². The average Bonchev–Trinajstić information content (AvgIpc) is 2.46. The minimum Gasteiger partial charge on any atom is -0.496 e. The van der Waals surface area contributed by atoms with Crippen LogP contribution in [0, 0.1) is 5.82 Å². The minimum absolute atomic E-state index is 0.261. The van der Waals surface area contributed by atoms with Crippen molar-refractivity contribution in [1.29, 1.82) is 0 Å². The van der Waals surface area contributed by atoms with Crippen LogP contribution in [0.25, 0.3) is 0 Å². The molecule has 0 radical (unpaired) electrons. The first-order chi connectivity index (χ1) is 9.86. The predicted molar refractivity (Wildman–Crippen MR) is 84.4 cm³/mol. The Hall–Kier alpha value is -1.58. The van der Waals surface area contributed by atoms with Gasteiger partial charge in [0.15, 0.2) is 0 Å². The van der Waals surface area contributed by atoms with Crippen molar-refractivity contribution in [2.45, 2.75) is 25.3 Å². The van der Waals surface area contributed by atoms with Crippen molar-refractivity contribution in [2.75, 3.05) is 7.11 Å². The molecule has 0 saturated carbocycles. The molecule has 0 amide bonds. The number of benzene rings is 2. The highest BCUT2D eigenvalue weighted by Gasteiger charge is 2.31. The zero-order valence-corrected chi connectivity index (χ0v) is 13.1. The van der Waals surface area contributed by atoms with E-state index >= 15 is 0 Å². The highest BCUT2D eigenvalue weighted by atomic mass is 35.5. The molecule has 2 aromatic rings. The summed E-state index contributed by atoms with van der Waals surface area (Å²) in [6.45, 7) is 4.04. The summed E-state index contributed by atoms with van der Waals surface area (Å²) >= 11 is 6.07. The summed E-state index contributed by atoms with van der Waals surface area (Å²) in [5.74, 6) is 0.436. The zero-order valence-electron chi connectivity index (χ0n) is 12.4. The van der Waals surface area contributed by atoms with Crippen molar-refractivity contribution < 1.29 is 9.13 Å². The molecule has 2 nitrogen and oxygen atoms in total. The highest BCUT2D eigenvalue weighted by molar-refractivity contribution is 6.30. The van der Waals surface area contributed by atoms with E-state index in [0.29, 0.717) is 10.8 Å². The molecule has 2 N–H and O–H groups in total. The molecule has 0 heterocycles. The van der Waals surface area contributed by atoms with E-state index in [1.165, 1.54) is 12.1 Å². The second kappa shape index (κ2) is 6.04. The molecule has 0 fully saturated rings. The Bertz CT molecular complexity index is 625. The molecule has 112 valence electrons. The molecule has 1 unspecified atom stereocenters. The molecule has 0 aliphatic heterocycles. The molecule has 4 heteroatoms. The molecule has 0 bridgehead atoms. The van der Waals surface area contributed by atoms with Crippen molar-refractivity contribution in [3.8, 4) is 5.75 Å². The van der Waals surface area contributed by atoms with Gasteiger partial charge in [0, 0.05) is 22.0 Å². The van der Waals surface area contributed by atoms with E-state index < -0.39 is 5.41 Å². The summed E-state index contributed by atoms with van der Waals surface area (Å²) < 4.78 is 18.5. The van der Waals surface area contributed by atoms with E-state index in [-0.39, 0.29) is 11.9 Å². The fourth-order valence-corrected chi connectivity index (χ4v) is 2.58. The number of hydrogen-bond acceptors (Lipinski definition) is 2. The molecule has 1 atom stereocenters. The van der Waals surface area contributed by atoms with Crippen LogP contribution in [0.1, 0.15) is 31.0 Å². The van der Waals surface area contributed by atoms with Gasteiger partial charge < -0.3 is 10.5 Å². The third-order valence-electron chi connectivity index (χ3n) is 3.89. The smallest absolute Gasteiger partial charge is 0.123 e. The molecule has 0 saturated heterocycles. The maximum Gasteiger partial charge on any atom is 0.123 e. The van der Waals surface area contributed by atoms with Gasteiger partial charge in [0.2, 0.25) is 0 Å². The first-order valence-corrected chi connectivity index (χ1v) is 7.09. The Kier molecular flexibility index (Phi) is 4.55. The van der Waals surface area contributed by atoms with Crippen LogP contribution in [0.5, 0.6) is 5.75 Å². The van der Waals surface area contributed by atoms with Crippen molar-refractivity contribution in [1.82, 2.24) is 0 Å². The van der Waals surface area contributed by atoms with E-state index in [0.717, 1.165) is 11.1 Å². The van der Waals surface area contributed by atoms with Gasteiger partial charge in [-0.2, -0.15) is 0 Å². The summed E-state index contributed by atoms with van der Waals surface area (Å²) in [4.78, 5) is 0. The zero-order chi connectivity index (χ0) is 15.6. The standard InChI is InChI=1S/C17H19ClFNO/c1-17(2,11-4-7-13(19)8-5-11)16(20)14-10-12(18)6-9-15(14)21-3/h4-10,16H,20H2,1-3H3. The number of nitrogens with two attached hydrogens (primary N) is 1. The Labute approximate surface area is 129 Å². The molecular formula is C17H19ClFNO. The monoisotopic (exact) mass is 307 g/mol. The Balaban J connectivity index is 2.44. The summed E-state index contributed by atoms with van der Waals surface area (Å²) in [5, 5.41) is 0.608.